The molecule has 2 aliphatic rings. The number of allylic oxidation sites excluding steroid dienone is 7. The number of halogens is 2. The van der Waals surface area contributed by atoms with Crippen molar-refractivity contribution in [3.05, 3.63) is 47.1 Å². The first kappa shape index (κ1) is 13.3. The molecule has 0 N–H and O–H groups in total. The molecule has 0 radical (unpaired) electrons. The maximum Gasteiger partial charge on any atom is 0.154 e. The average molecular weight is 257 g/mol. The zero-order valence-corrected chi connectivity index (χ0v) is 10.9. The topological polar surface area (TPSA) is 17.1 Å². The van der Waals surface area contributed by atoms with Crippen LogP contribution in [0, 0.1) is 0 Å². The van der Waals surface area contributed by atoms with E-state index in [0.717, 1.165) is 11.5 Å². The molecule has 0 aromatic heterocycles. The average Bonchev–Trinajstić information content (AvgIpc) is 2.79. The van der Waals surface area contributed by atoms with Crippen molar-refractivity contribution in [2.45, 2.75) is 25.1 Å². The molecule has 2 bridgehead atoms. The minimum Gasteiger partial charge on any atom is -0.298 e. The minimum atomic E-state index is -0.861. The number of hydrogen-bond acceptors (Lipinski definition) is 1. The van der Waals surface area contributed by atoms with Crippen LogP contribution in [0.4, 0.5) is 0 Å². The largest absolute Gasteiger partial charge is 0.298 e. The van der Waals surface area contributed by atoms with Crippen molar-refractivity contribution in [1.29, 1.82) is 0 Å². The molecule has 86 valence electrons. The zero-order valence-electron chi connectivity index (χ0n) is 9.39. The van der Waals surface area contributed by atoms with Crippen molar-refractivity contribution < 1.29 is 4.79 Å². The molecule has 16 heavy (non-hydrogen) atoms. The molecule has 0 aromatic rings. The van der Waals surface area contributed by atoms with Gasteiger partial charge in [0.2, 0.25) is 0 Å². The predicted molar refractivity (Wildman–Crippen MR) is 69.9 cm³/mol. The van der Waals surface area contributed by atoms with Gasteiger partial charge in [-0.1, -0.05) is 29.8 Å². The van der Waals surface area contributed by atoms with Crippen LogP contribution in [0.3, 0.4) is 0 Å². The first-order valence-corrected chi connectivity index (χ1v) is 5.73. The van der Waals surface area contributed by atoms with Crippen LogP contribution in [0.25, 0.3) is 0 Å². The molecule has 3 heteroatoms. The van der Waals surface area contributed by atoms with Crippen LogP contribution in [0.2, 0.25) is 0 Å². The minimum absolute atomic E-state index is 0.0748. The van der Waals surface area contributed by atoms with Gasteiger partial charge in [-0.2, -0.15) is 0 Å². The summed E-state index contributed by atoms with van der Waals surface area (Å²) in [6.45, 7) is 6.45. The maximum absolute atomic E-state index is 10.5. The van der Waals surface area contributed by atoms with E-state index in [1.165, 1.54) is 24.1 Å². The van der Waals surface area contributed by atoms with Crippen LogP contribution < -0.4 is 0 Å². The second-order valence-corrected chi connectivity index (χ2v) is 5.13. The molecule has 1 unspecified atom stereocenters. The number of rotatable bonds is 2. The number of Topliss-reactive ketones (excluding diaryl/α,β-unsaturated/α-hetero) is 1. The number of carbonyl (C=O) groups excluding carboxylic acids is 1. The standard InChI is InChI=1S/C7H5Cl.C6H9ClO/c8-7-4-5-1-2-6(7)3-5;1-4-6(3,7)5(2)8/h1-2,4H,3H2;4H,1H2,2-3H3. The van der Waals surface area contributed by atoms with Crippen molar-refractivity contribution >= 4 is 29.0 Å². The summed E-state index contributed by atoms with van der Waals surface area (Å²) in [5, 5.41) is 0.933. The molecule has 1 atom stereocenters. The fourth-order valence-electron chi connectivity index (χ4n) is 1.21. The third-order valence-electron chi connectivity index (χ3n) is 2.58. The van der Waals surface area contributed by atoms with Crippen LogP contribution >= 0.6 is 23.2 Å². The molecular weight excluding hydrogens is 243 g/mol. The van der Waals surface area contributed by atoms with Crippen LogP contribution in [0.1, 0.15) is 20.3 Å². The second-order valence-electron chi connectivity index (χ2n) is 3.94. The summed E-state index contributed by atoms with van der Waals surface area (Å²) in [5.41, 5.74) is 2.63. The molecular formula is C13H14Cl2O. The molecule has 1 nitrogen and oxygen atoms in total. The van der Waals surface area contributed by atoms with Crippen molar-refractivity contribution in [3.8, 4) is 0 Å². The molecule has 0 aromatic carbocycles. The molecule has 2 rings (SSSR count). The fourth-order valence-corrected chi connectivity index (χ4v) is 1.48. The summed E-state index contributed by atoms with van der Waals surface area (Å²) in [6, 6.07) is 0. The number of fused-ring (bicyclic) bond motifs is 2. The molecule has 0 aliphatic heterocycles. The fraction of sp³-hybridized carbons (Fsp3) is 0.308. The zero-order chi connectivity index (χ0) is 12.3. The Kier molecular flexibility index (Phi) is 4.17. The maximum atomic E-state index is 10.5. The third kappa shape index (κ3) is 3.10. The Balaban J connectivity index is 0.000000160. The second kappa shape index (κ2) is 5.03. The predicted octanol–water partition coefficient (Wildman–Crippen LogP) is 4.14. The van der Waals surface area contributed by atoms with Gasteiger partial charge in [0.15, 0.2) is 5.78 Å². The number of alkyl halides is 1. The van der Waals surface area contributed by atoms with Crippen LogP contribution in [0.5, 0.6) is 0 Å². The van der Waals surface area contributed by atoms with Gasteiger partial charge in [0, 0.05) is 5.03 Å². The van der Waals surface area contributed by atoms with E-state index in [0.29, 0.717) is 0 Å². The van der Waals surface area contributed by atoms with E-state index in [-0.39, 0.29) is 5.78 Å². The van der Waals surface area contributed by atoms with E-state index >= 15 is 0 Å². The highest BCUT2D eigenvalue weighted by atomic mass is 35.5. The molecule has 0 spiro atoms. The Hall–Kier alpha value is -0.790. The van der Waals surface area contributed by atoms with E-state index < -0.39 is 4.87 Å². The summed E-state index contributed by atoms with van der Waals surface area (Å²) in [4.78, 5) is 9.63. The Morgan fingerprint density at radius 3 is 2.31 bits per heavy atom. The van der Waals surface area contributed by atoms with Crippen LogP contribution in [-0.4, -0.2) is 10.7 Å². The van der Waals surface area contributed by atoms with Gasteiger partial charge in [0.1, 0.15) is 4.87 Å². The van der Waals surface area contributed by atoms with Gasteiger partial charge >= 0.3 is 0 Å². The van der Waals surface area contributed by atoms with Crippen molar-refractivity contribution in [2.24, 2.45) is 0 Å². The quantitative estimate of drug-likeness (QED) is 0.536. The monoisotopic (exact) mass is 256 g/mol. The summed E-state index contributed by atoms with van der Waals surface area (Å²) >= 11 is 11.3. The lowest BCUT2D eigenvalue weighted by Crippen LogP contribution is -2.22. The summed E-state index contributed by atoms with van der Waals surface area (Å²) < 4.78 is 0. The van der Waals surface area contributed by atoms with Gasteiger partial charge < -0.3 is 0 Å². The highest BCUT2D eigenvalue weighted by Gasteiger charge is 2.21. The van der Waals surface area contributed by atoms with Crippen LogP contribution in [0.15, 0.2) is 47.1 Å². The van der Waals surface area contributed by atoms with Crippen molar-refractivity contribution in [1.82, 2.24) is 0 Å². The van der Waals surface area contributed by atoms with Gasteiger partial charge in [0.25, 0.3) is 0 Å². The van der Waals surface area contributed by atoms with E-state index in [2.05, 4.69) is 18.7 Å². The smallest absolute Gasteiger partial charge is 0.154 e. The Morgan fingerprint density at radius 1 is 1.56 bits per heavy atom. The molecule has 2 aliphatic carbocycles. The van der Waals surface area contributed by atoms with Crippen molar-refractivity contribution in [3.63, 3.8) is 0 Å². The number of hydrogen-bond donors (Lipinski definition) is 0. The highest BCUT2D eigenvalue weighted by Crippen LogP contribution is 2.34. The van der Waals surface area contributed by atoms with E-state index in [4.69, 9.17) is 23.2 Å². The van der Waals surface area contributed by atoms with E-state index in [1.54, 1.807) is 6.92 Å². The van der Waals surface area contributed by atoms with Crippen LogP contribution in [-0.2, 0) is 4.79 Å². The van der Waals surface area contributed by atoms with E-state index in [1.807, 2.05) is 6.08 Å². The first-order chi connectivity index (χ1) is 7.36. The van der Waals surface area contributed by atoms with Gasteiger partial charge in [-0.25, -0.2) is 0 Å². The Bertz CT molecular complexity index is 412. The van der Waals surface area contributed by atoms with Gasteiger partial charge in [-0.15, -0.1) is 18.2 Å². The van der Waals surface area contributed by atoms with E-state index in [9.17, 15) is 4.79 Å². The van der Waals surface area contributed by atoms with Gasteiger partial charge in [-0.05, 0) is 37.5 Å². The lowest BCUT2D eigenvalue weighted by molar-refractivity contribution is -0.118. The molecule has 0 heterocycles. The molecule has 0 fully saturated rings. The molecule has 0 amide bonds. The Labute approximate surface area is 106 Å². The SMILES string of the molecule is C=CC(C)(Cl)C(C)=O.ClC1=C2C=CC(=C1)C2. The number of carbonyl (C=O) groups is 1. The normalized spacial score (nSPS) is 19.9. The first-order valence-electron chi connectivity index (χ1n) is 4.97. The summed E-state index contributed by atoms with van der Waals surface area (Å²) in [5.74, 6) is -0.0748. The highest BCUT2D eigenvalue weighted by molar-refractivity contribution is 6.36. The molecule has 0 saturated carbocycles. The summed E-state index contributed by atoms with van der Waals surface area (Å²) in [6.07, 6.45) is 8.71. The van der Waals surface area contributed by atoms with Crippen molar-refractivity contribution in [2.75, 3.05) is 0 Å². The Morgan fingerprint density at radius 2 is 2.19 bits per heavy atom. The summed E-state index contributed by atoms with van der Waals surface area (Å²) in [7, 11) is 0. The number of ketones is 1. The molecule has 0 saturated heterocycles. The van der Waals surface area contributed by atoms with Gasteiger partial charge in [-0.3, -0.25) is 4.79 Å². The van der Waals surface area contributed by atoms with Gasteiger partial charge in [0.05, 0.1) is 0 Å². The lowest BCUT2D eigenvalue weighted by atomic mass is 10.1. The lowest BCUT2D eigenvalue weighted by Gasteiger charge is -2.10. The third-order valence-corrected chi connectivity index (χ3v) is 3.36.